The van der Waals surface area contributed by atoms with Gasteiger partial charge in [0.05, 0.1) is 12.2 Å². The summed E-state index contributed by atoms with van der Waals surface area (Å²) >= 11 is 3.33. The maximum absolute atomic E-state index is 12.4. The molecule has 0 bridgehead atoms. The monoisotopic (exact) mass is 315 g/mol. The van der Waals surface area contributed by atoms with Gasteiger partial charge in [0.25, 0.3) is 5.91 Å². The molecule has 1 aromatic heterocycles. The number of likely N-dealkylation sites (N-methyl/N-ethyl adjacent to an activating group) is 1. The molecule has 100 valence electrons. The van der Waals surface area contributed by atoms with Crippen molar-refractivity contribution in [1.29, 1.82) is 0 Å². The summed E-state index contributed by atoms with van der Waals surface area (Å²) in [5.74, 6) is 0.534. The Hall–Kier alpha value is -1.14. The van der Waals surface area contributed by atoms with Crippen molar-refractivity contribution in [2.24, 2.45) is 0 Å². The number of hydrogen-bond donors (Lipinski definition) is 1. The zero-order valence-corrected chi connectivity index (χ0v) is 12.5. The second-order valence-electron chi connectivity index (χ2n) is 3.68. The van der Waals surface area contributed by atoms with Gasteiger partial charge in [-0.15, -0.1) is 0 Å². The summed E-state index contributed by atoms with van der Waals surface area (Å²) in [7, 11) is 3.37. The molecule has 0 aliphatic rings. The third kappa shape index (κ3) is 3.68. The Balaban J connectivity index is 2.96. The molecule has 0 saturated carbocycles. The topological polar surface area (TPSA) is 54.5 Å². The van der Waals surface area contributed by atoms with Crippen LogP contribution in [0.25, 0.3) is 0 Å². The molecule has 0 spiro atoms. The van der Waals surface area contributed by atoms with Gasteiger partial charge in [-0.2, -0.15) is 0 Å². The van der Waals surface area contributed by atoms with Crippen molar-refractivity contribution < 1.29 is 9.53 Å². The molecule has 1 heterocycles. The number of carbonyl (C=O) groups is 1. The van der Waals surface area contributed by atoms with E-state index < -0.39 is 0 Å². The summed E-state index contributed by atoms with van der Waals surface area (Å²) < 4.78 is 5.79. The van der Waals surface area contributed by atoms with E-state index in [1.54, 1.807) is 31.3 Å². The van der Waals surface area contributed by atoms with E-state index in [1.807, 2.05) is 6.92 Å². The predicted molar refractivity (Wildman–Crippen MR) is 74.9 cm³/mol. The van der Waals surface area contributed by atoms with E-state index in [4.69, 9.17) is 4.74 Å². The number of amides is 1. The lowest BCUT2D eigenvalue weighted by molar-refractivity contribution is 0.0707. The zero-order valence-electron chi connectivity index (χ0n) is 10.9. The molecule has 0 radical (unpaired) electrons. The van der Waals surface area contributed by atoms with Crippen LogP contribution in [0.3, 0.4) is 0 Å². The van der Waals surface area contributed by atoms with Gasteiger partial charge in [-0.05, 0) is 28.9 Å². The van der Waals surface area contributed by atoms with Gasteiger partial charge < -0.3 is 15.0 Å². The van der Waals surface area contributed by atoms with Gasteiger partial charge in [-0.3, -0.25) is 4.79 Å². The minimum atomic E-state index is -0.0484. The lowest BCUT2D eigenvalue weighted by Gasteiger charge is -2.21. The third-order valence-electron chi connectivity index (χ3n) is 2.56. The summed E-state index contributed by atoms with van der Waals surface area (Å²) in [6.45, 7) is 3.67. The van der Waals surface area contributed by atoms with Crippen LogP contribution >= 0.6 is 15.9 Å². The Bertz CT molecular complexity index is 412. The highest BCUT2D eigenvalue weighted by Gasteiger charge is 2.18. The fourth-order valence-electron chi connectivity index (χ4n) is 1.58. The molecular formula is C12H18BrN3O2. The predicted octanol–water partition coefficient (Wildman–Crippen LogP) is 1.99. The third-order valence-corrected chi connectivity index (χ3v) is 2.99. The minimum absolute atomic E-state index is 0.0484. The standard InChI is InChI=1S/C12H18BrN3O2/c1-4-16(5-6-18-3)12(17)10-7-9(13)8-15-11(10)14-2/h7-8H,4-6H2,1-3H3,(H,14,15). The van der Waals surface area contributed by atoms with Crippen molar-refractivity contribution >= 4 is 27.7 Å². The second kappa shape index (κ2) is 7.33. The largest absolute Gasteiger partial charge is 0.383 e. The Morgan fingerprint density at radius 1 is 1.61 bits per heavy atom. The summed E-state index contributed by atoms with van der Waals surface area (Å²) in [6.07, 6.45) is 1.66. The second-order valence-corrected chi connectivity index (χ2v) is 4.59. The lowest BCUT2D eigenvalue weighted by Crippen LogP contribution is -2.34. The quantitative estimate of drug-likeness (QED) is 0.872. The lowest BCUT2D eigenvalue weighted by atomic mass is 10.2. The first-order valence-electron chi connectivity index (χ1n) is 5.75. The van der Waals surface area contributed by atoms with E-state index in [2.05, 4.69) is 26.2 Å². The molecule has 0 fully saturated rings. The van der Waals surface area contributed by atoms with Crippen molar-refractivity contribution in [2.45, 2.75) is 6.92 Å². The highest BCUT2D eigenvalue weighted by molar-refractivity contribution is 9.10. The van der Waals surface area contributed by atoms with Gasteiger partial charge in [0.15, 0.2) is 0 Å². The van der Waals surface area contributed by atoms with Gasteiger partial charge in [0.1, 0.15) is 5.82 Å². The number of nitrogens with one attached hydrogen (secondary N) is 1. The molecule has 0 aliphatic heterocycles. The van der Waals surface area contributed by atoms with Crippen LogP contribution in [0.15, 0.2) is 16.7 Å². The van der Waals surface area contributed by atoms with Crippen LogP contribution in [0.1, 0.15) is 17.3 Å². The van der Waals surface area contributed by atoms with Crippen LogP contribution in [0.2, 0.25) is 0 Å². The van der Waals surface area contributed by atoms with Crippen LogP contribution < -0.4 is 5.32 Å². The first-order valence-corrected chi connectivity index (χ1v) is 6.54. The summed E-state index contributed by atoms with van der Waals surface area (Å²) in [5, 5.41) is 2.93. The fourth-order valence-corrected chi connectivity index (χ4v) is 1.91. The van der Waals surface area contributed by atoms with E-state index in [0.29, 0.717) is 31.1 Å². The molecule has 1 rings (SSSR count). The van der Waals surface area contributed by atoms with Gasteiger partial charge in [-0.1, -0.05) is 0 Å². The Morgan fingerprint density at radius 3 is 2.89 bits per heavy atom. The number of nitrogens with zero attached hydrogens (tertiary/aromatic N) is 2. The number of carbonyl (C=O) groups excluding carboxylic acids is 1. The van der Waals surface area contributed by atoms with Crippen LogP contribution in [-0.2, 0) is 4.74 Å². The van der Waals surface area contributed by atoms with Crippen LogP contribution in [0, 0.1) is 0 Å². The van der Waals surface area contributed by atoms with E-state index >= 15 is 0 Å². The van der Waals surface area contributed by atoms with E-state index in [-0.39, 0.29) is 5.91 Å². The molecule has 1 N–H and O–H groups in total. The van der Waals surface area contributed by atoms with Crippen LogP contribution in [-0.4, -0.2) is 49.6 Å². The Labute approximate surface area is 116 Å². The zero-order chi connectivity index (χ0) is 13.5. The highest BCUT2D eigenvalue weighted by Crippen LogP contribution is 2.19. The SMILES string of the molecule is CCN(CCOC)C(=O)c1cc(Br)cnc1NC. The molecule has 5 nitrogen and oxygen atoms in total. The minimum Gasteiger partial charge on any atom is -0.383 e. The molecule has 0 aliphatic carbocycles. The smallest absolute Gasteiger partial charge is 0.257 e. The maximum Gasteiger partial charge on any atom is 0.257 e. The number of pyridine rings is 1. The highest BCUT2D eigenvalue weighted by atomic mass is 79.9. The van der Waals surface area contributed by atoms with Crippen molar-refractivity contribution in [2.75, 3.05) is 39.2 Å². The summed E-state index contributed by atoms with van der Waals surface area (Å²) in [6, 6.07) is 1.77. The number of hydrogen-bond acceptors (Lipinski definition) is 4. The van der Waals surface area contributed by atoms with E-state index in [0.717, 1.165) is 4.47 Å². The molecule has 0 atom stereocenters. The Kier molecular flexibility index (Phi) is 6.07. The average Bonchev–Trinajstić information content (AvgIpc) is 2.39. The molecule has 6 heteroatoms. The van der Waals surface area contributed by atoms with Gasteiger partial charge in [0.2, 0.25) is 0 Å². The molecule has 1 amide bonds. The summed E-state index contributed by atoms with van der Waals surface area (Å²) in [4.78, 5) is 18.3. The maximum atomic E-state index is 12.4. The van der Waals surface area contributed by atoms with Crippen LogP contribution in [0.5, 0.6) is 0 Å². The van der Waals surface area contributed by atoms with E-state index in [1.165, 1.54) is 0 Å². The van der Waals surface area contributed by atoms with Gasteiger partial charge in [-0.25, -0.2) is 4.98 Å². The summed E-state index contributed by atoms with van der Waals surface area (Å²) in [5.41, 5.74) is 0.560. The normalized spacial score (nSPS) is 10.2. The molecule has 0 saturated heterocycles. The first-order chi connectivity index (χ1) is 8.63. The number of halogens is 1. The first kappa shape index (κ1) is 14.9. The molecule has 0 aromatic carbocycles. The number of anilines is 1. The van der Waals surface area contributed by atoms with Gasteiger partial charge >= 0.3 is 0 Å². The number of rotatable bonds is 6. The average molecular weight is 316 g/mol. The molecule has 1 aromatic rings. The van der Waals surface area contributed by atoms with Crippen molar-refractivity contribution in [3.8, 4) is 0 Å². The van der Waals surface area contributed by atoms with Crippen molar-refractivity contribution in [1.82, 2.24) is 9.88 Å². The van der Waals surface area contributed by atoms with Crippen LogP contribution in [0.4, 0.5) is 5.82 Å². The molecular weight excluding hydrogens is 298 g/mol. The van der Waals surface area contributed by atoms with Gasteiger partial charge in [0, 0.05) is 37.9 Å². The molecule has 18 heavy (non-hydrogen) atoms. The van der Waals surface area contributed by atoms with Crippen molar-refractivity contribution in [3.63, 3.8) is 0 Å². The van der Waals surface area contributed by atoms with E-state index in [9.17, 15) is 4.79 Å². The Morgan fingerprint density at radius 2 is 2.33 bits per heavy atom. The fraction of sp³-hybridized carbons (Fsp3) is 0.500. The number of ether oxygens (including phenoxy) is 1. The number of methoxy groups -OCH3 is 1. The number of aromatic nitrogens is 1. The molecule has 0 unspecified atom stereocenters. The van der Waals surface area contributed by atoms with Crippen molar-refractivity contribution in [3.05, 3.63) is 22.3 Å².